The molecule has 0 aliphatic rings. The number of benzene rings is 1. The minimum atomic E-state index is 0. The monoisotopic (exact) mass is 363 g/mol. The topological polar surface area (TPSA) is 56.0 Å². The van der Waals surface area contributed by atoms with E-state index in [0.717, 1.165) is 31.9 Å². The van der Waals surface area contributed by atoms with Crippen molar-refractivity contribution in [2.75, 3.05) is 0 Å². The quantitative estimate of drug-likeness (QED) is 0.553. The number of halogens is 2. The Labute approximate surface area is 147 Å². The molecule has 3 aromatic heterocycles. The average Bonchev–Trinajstić information content (AvgIpc) is 3.12. The van der Waals surface area contributed by atoms with Crippen LogP contribution in [0, 0.1) is 0 Å². The van der Waals surface area contributed by atoms with Crippen molar-refractivity contribution in [2.45, 2.75) is 6.42 Å². The summed E-state index contributed by atoms with van der Waals surface area (Å²) in [5.74, 6) is 0.814. The molecule has 0 unspecified atom stereocenters. The van der Waals surface area contributed by atoms with Crippen LogP contribution in [0.4, 0.5) is 0 Å². The lowest BCUT2D eigenvalue weighted by atomic mass is 10.1. The molecule has 0 bridgehead atoms. The SMILES string of the molecule is Cl.Clc1ccc(Cc2nnc3sc(-c4ccncc4)nn23)cc1. The third-order valence-electron chi connectivity index (χ3n) is 3.26. The van der Waals surface area contributed by atoms with Gasteiger partial charge in [0.2, 0.25) is 4.96 Å². The van der Waals surface area contributed by atoms with Crippen LogP contribution in [-0.4, -0.2) is 24.8 Å². The molecule has 0 aliphatic carbocycles. The Morgan fingerprint density at radius 1 is 1.00 bits per heavy atom. The van der Waals surface area contributed by atoms with Gasteiger partial charge < -0.3 is 0 Å². The van der Waals surface area contributed by atoms with Gasteiger partial charge in [-0.1, -0.05) is 35.1 Å². The van der Waals surface area contributed by atoms with Crippen molar-refractivity contribution >= 4 is 40.3 Å². The van der Waals surface area contributed by atoms with E-state index in [4.69, 9.17) is 11.6 Å². The van der Waals surface area contributed by atoms with Crippen molar-refractivity contribution in [3.05, 3.63) is 65.2 Å². The van der Waals surface area contributed by atoms with E-state index in [9.17, 15) is 0 Å². The summed E-state index contributed by atoms with van der Waals surface area (Å²) in [5, 5.41) is 14.7. The molecule has 0 saturated heterocycles. The molecule has 0 aliphatic heterocycles. The van der Waals surface area contributed by atoms with Crippen LogP contribution >= 0.6 is 35.3 Å². The second-order valence-electron chi connectivity index (χ2n) is 4.76. The number of pyridine rings is 1. The fraction of sp³-hybridized carbons (Fsp3) is 0.0667. The minimum Gasteiger partial charge on any atom is -0.265 e. The second-order valence-corrected chi connectivity index (χ2v) is 6.15. The fourth-order valence-electron chi connectivity index (χ4n) is 2.16. The number of fused-ring (bicyclic) bond motifs is 1. The van der Waals surface area contributed by atoms with Crippen molar-refractivity contribution in [2.24, 2.45) is 0 Å². The summed E-state index contributed by atoms with van der Waals surface area (Å²) in [6.07, 6.45) is 4.18. The van der Waals surface area contributed by atoms with E-state index in [1.54, 1.807) is 16.9 Å². The molecule has 116 valence electrons. The largest absolute Gasteiger partial charge is 0.265 e. The molecule has 8 heteroatoms. The molecular weight excluding hydrogens is 353 g/mol. The van der Waals surface area contributed by atoms with Gasteiger partial charge in [-0.25, -0.2) is 0 Å². The first-order valence-corrected chi connectivity index (χ1v) is 7.85. The van der Waals surface area contributed by atoms with E-state index in [1.807, 2.05) is 36.4 Å². The van der Waals surface area contributed by atoms with Crippen LogP contribution in [0.2, 0.25) is 5.02 Å². The molecule has 0 N–H and O–H groups in total. The van der Waals surface area contributed by atoms with E-state index in [1.165, 1.54) is 11.3 Å². The normalized spacial score (nSPS) is 10.7. The Morgan fingerprint density at radius 3 is 2.48 bits per heavy atom. The minimum absolute atomic E-state index is 0. The Balaban J connectivity index is 0.00000156. The van der Waals surface area contributed by atoms with E-state index < -0.39 is 0 Å². The maximum absolute atomic E-state index is 5.91. The van der Waals surface area contributed by atoms with E-state index in [2.05, 4.69) is 20.3 Å². The molecule has 5 nitrogen and oxygen atoms in total. The van der Waals surface area contributed by atoms with E-state index in [-0.39, 0.29) is 12.4 Å². The van der Waals surface area contributed by atoms with Crippen LogP contribution in [0.5, 0.6) is 0 Å². The zero-order valence-corrected chi connectivity index (χ0v) is 14.1. The van der Waals surface area contributed by atoms with Gasteiger partial charge in [-0.05, 0) is 29.8 Å². The molecule has 0 amide bonds. The van der Waals surface area contributed by atoms with Crippen molar-refractivity contribution < 1.29 is 0 Å². The molecule has 0 saturated carbocycles. The highest BCUT2D eigenvalue weighted by atomic mass is 35.5. The van der Waals surface area contributed by atoms with Gasteiger partial charge in [-0.2, -0.15) is 9.61 Å². The van der Waals surface area contributed by atoms with Gasteiger partial charge in [0.1, 0.15) is 5.01 Å². The maximum atomic E-state index is 5.91. The lowest BCUT2D eigenvalue weighted by molar-refractivity contribution is 0.854. The average molecular weight is 364 g/mol. The Hall–Kier alpha value is -2.02. The van der Waals surface area contributed by atoms with Gasteiger partial charge in [0.05, 0.1) is 0 Å². The molecule has 1 aromatic carbocycles. The summed E-state index contributed by atoms with van der Waals surface area (Å²) < 4.78 is 1.80. The maximum Gasteiger partial charge on any atom is 0.234 e. The summed E-state index contributed by atoms with van der Waals surface area (Å²) in [6, 6.07) is 11.6. The van der Waals surface area contributed by atoms with Gasteiger partial charge in [0, 0.05) is 29.4 Å². The molecule has 0 spiro atoms. The number of hydrogen-bond acceptors (Lipinski definition) is 5. The van der Waals surface area contributed by atoms with Gasteiger partial charge in [0.15, 0.2) is 5.82 Å². The fourth-order valence-corrected chi connectivity index (χ4v) is 3.15. The van der Waals surface area contributed by atoms with Crippen LogP contribution < -0.4 is 0 Å². The summed E-state index contributed by atoms with van der Waals surface area (Å²) in [5.41, 5.74) is 2.15. The zero-order valence-electron chi connectivity index (χ0n) is 11.8. The highest BCUT2D eigenvalue weighted by Crippen LogP contribution is 2.25. The highest BCUT2D eigenvalue weighted by Gasteiger charge is 2.13. The van der Waals surface area contributed by atoms with Crippen LogP contribution in [0.15, 0.2) is 48.8 Å². The van der Waals surface area contributed by atoms with Crippen molar-refractivity contribution in [3.63, 3.8) is 0 Å². The zero-order chi connectivity index (χ0) is 14.9. The molecule has 0 fully saturated rings. The first-order valence-electron chi connectivity index (χ1n) is 6.65. The summed E-state index contributed by atoms with van der Waals surface area (Å²) in [7, 11) is 0. The van der Waals surface area contributed by atoms with Crippen molar-refractivity contribution in [1.29, 1.82) is 0 Å². The van der Waals surface area contributed by atoms with Crippen LogP contribution in [0.25, 0.3) is 15.5 Å². The number of nitrogens with zero attached hydrogens (tertiary/aromatic N) is 5. The van der Waals surface area contributed by atoms with E-state index >= 15 is 0 Å². The number of hydrogen-bond donors (Lipinski definition) is 0. The van der Waals surface area contributed by atoms with Gasteiger partial charge >= 0.3 is 0 Å². The van der Waals surface area contributed by atoms with Gasteiger partial charge in [-0.3, -0.25) is 4.98 Å². The summed E-state index contributed by atoms with van der Waals surface area (Å²) in [6.45, 7) is 0. The molecule has 3 heterocycles. The molecule has 4 aromatic rings. The third kappa shape index (κ3) is 3.19. The number of rotatable bonds is 3. The first kappa shape index (κ1) is 15.9. The molecule has 0 radical (unpaired) electrons. The number of aromatic nitrogens is 5. The Bertz CT molecular complexity index is 918. The Kier molecular flexibility index (Phi) is 4.56. The predicted octanol–water partition coefficient (Wildman–Crippen LogP) is 3.91. The van der Waals surface area contributed by atoms with Crippen LogP contribution in [0.1, 0.15) is 11.4 Å². The lowest BCUT2D eigenvalue weighted by Gasteiger charge is -1.98. The van der Waals surface area contributed by atoms with Crippen LogP contribution in [-0.2, 0) is 6.42 Å². The molecule has 23 heavy (non-hydrogen) atoms. The molecular formula is C15H11Cl2N5S. The molecule has 4 rings (SSSR count). The van der Waals surface area contributed by atoms with E-state index in [0.29, 0.717) is 6.42 Å². The van der Waals surface area contributed by atoms with Gasteiger partial charge in [-0.15, -0.1) is 22.6 Å². The first-order chi connectivity index (χ1) is 10.8. The van der Waals surface area contributed by atoms with Crippen molar-refractivity contribution in [3.8, 4) is 10.6 Å². The van der Waals surface area contributed by atoms with Crippen LogP contribution in [0.3, 0.4) is 0 Å². The summed E-state index contributed by atoms with van der Waals surface area (Å²) in [4.78, 5) is 4.81. The predicted molar refractivity (Wildman–Crippen MR) is 93.4 cm³/mol. The smallest absolute Gasteiger partial charge is 0.234 e. The third-order valence-corrected chi connectivity index (χ3v) is 4.46. The van der Waals surface area contributed by atoms with Crippen molar-refractivity contribution in [1.82, 2.24) is 24.8 Å². The lowest BCUT2D eigenvalue weighted by Crippen LogP contribution is -1.97. The highest BCUT2D eigenvalue weighted by molar-refractivity contribution is 7.19. The van der Waals surface area contributed by atoms with Gasteiger partial charge in [0.25, 0.3) is 0 Å². The molecule has 0 atom stereocenters. The Morgan fingerprint density at radius 2 is 1.74 bits per heavy atom. The summed E-state index contributed by atoms with van der Waals surface area (Å²) >= 11 is 7.42. The second kappa shape index (κ2) is 6.62. The standard InChI is InChI=1S/C15H10ClN5S.ClH/c16-12-3-1-10(2-4-12)9-13-18-19-15-21(13)20-14(22-15)11-5-7-17-8-6-11;/h1-8H,9H2;1H.